The van der Waals surface area contributed by atoms with Crippen molar-refractivity contribution in [3.05, 3.63) is 24.3 Å². The highest BCUT2D eigenvalue weighted by molar-refractivity contribution is 7.89. The monoisotopic (exact) mass is 395 g/mol. The molecule has 1 aromatic rings. The number of hydrogen-bond donors (Lipinski definition) is 1. The number of ether oxygens (including phenoxy) is 1. The number of carbonyl (C=O) groups excluding carboxylic acids is 1. The summed E-state index contributed by atoms with van der Waals surface area (Å²) in [6, 6.07) is 6.20. The van der Waals surface area contributed by atoms with Crippen molar-refractivity contribution in [1.82, 2.24) is 9.21 Å². The Hall–Kier alpha value is -1.48. The molecule has 1 aromatic carbocycles. The lowest BCUT2D eigenvalue weighted by Gasteiger charge is -2.34. The second kappa shape index (κ2) is 8.68. The SMILES string of the molecule is CC1CCN([C@@H](C)C(=O)Nc2ccc(S(=O)(=O)N3CCOCC3)cc2)CC1. The normalized spacial score (nSPS) is 21.7. The van der Waals surface area contributed by atoms with E-state index < -0.39 is 10.0 Å². The van der Waals surface area contributed by atoms with Gasteiger partial charge in [-0.15, -0.1) is 0 Å². The minimum absolute atomic E-state index is 0.0617. The molecular formula is C19H29N3O4S. The van der Waals surface area contributed by atoms with E-state index in [4.69, 9.17) is 4.74 Å². The van der Waals surface area contributed by atoms with Gasteiger partial charge in [-0.1, -0.05) is 6.92 Å². The average Bonchev–Trinajstić information content (AvgIpc) is 2.69. The van der Waals surface area contributed by atoms with Crippen LogP contribution in [0.2, 0.25) is 0 Å². The summed E-state index contributed by atoms with van der Waals surface area (Å²) in [5.74, 6) is 0.658. The Kier molecular flexibility index (Phi) is 6.52. The van der Waals surface area contributed by atoms with Gasteiger partial charge in [-0.2, -0.15) is 4.31 Å². The highest BCUT2D eigenvalue weighted by Gasteiger charge is 2.27. The number of sulfonamides is 1. The fourth-order valence-corrected chi connectivity index (χ4v) is 4.88. The van der Waals surface area contributed by atoms with E-state index in [1.54, 1.807) is 24.3 Å². The van der Waals surface area contributed by atoms with Gasteiger partial charge < -0.3 is 10.1 Å². The maximum absolute atomic E-state index is 12.6. The molecule has 2 heterocycles. The lowest BCUT2D eigenvalue weighted by molar-refractivity contribution is -0.121. The van der Waals surface area contributed by atoms with Crippen LogP contribution in [0.15, 0.2) is 29.2 Å². The maximum atomic E-state index is 12.6. The van der Waals surface area contributed by atoms with E-state index in [-0.39, 0.29) is 16.8 Å². The maximum Gasteiger partial charge on any atom is 0.243 e. The van der Waals surface area contributed by atoms with E-state index >= 15 is 0 Å². The Morgan fingerprint density at radius 1 is 1.11 bits per heavy atom. The van der Waals surface area contributed by atoms with Gasteiger partial charge in [0.25, 0.3) is 0 Å². The van der Waals surface area contributed by atoms with Gasteiger partial charge in [-0.25, -0.2) is 8.42 Å². The van der Waals surface area contributed by atoms with Crippen molar-refractivity contribution in [3.8, 4) is 0 Å². The minimum atomic E-state index is -3.51. The number of likely N-dealkylation sites (tertiary alicyclic amines) is 1. The number of rotatable bonds is 5. The standard InChI is InChI=1S/C19H29N3O4S/c1-15-7-9-21(10-8-15)16(2)19(23)20-17-3-5-18(6-4-17)27(24,25)22-11-13-26-14-12-22/h3-6,15-16H,7-14H2,1-2H3,(H,20,23)/t16-/m0/s1. The molecule has 1 amide bonds. The topological polar surface area (TPSA) is 79.0 Å². The zero-order valence-electron chi connectivity index (χ0n) is 16.1. The van der Waals surface area contributed by atoms with Crippen LogP contribution in [-0.2, 0) is 19.6 Å². The molecule has 0 spiro atoms. The zero-order valence-corrected chi connectivity index (χ0v) is 16.9. The molecule has 0 saturated carbocycles. The summed E-state index contributed by atoms with van der Waals surface area (Å²) in [5.41, 5.74) is 0.609. The van der Waals surface area contributed by atoms with Gasteiger partial charge in [0.05, 0.1) is 24.2 Å². The van der Waals surface area contributed by atoms with Crippen LogP contribution in [0.1, 0.15) is 26.7 Å². The summed E-state index contributed by atoms with van der Waals surface area (Å²) in [6.45, 7) is 7.61. The highest BCUT2D eigenvalue weighted by Crippen LogP contribution is 2.21. The molecule has 0 aliphatic carbocycles. The largest absolute Gasteiger partial charge is 0.379 e. The highest BCUT2D eigenvalue weighted by atomic mass is 32.2. The first-order valence-electron chi connectivity index (χ1n) is 9.61. The zero-order chi connectivity index (χ0) is 19.4. The molecule has 1 N–H and O–H groups in total. The van der Waals surface area contributed by atoms with E-state index in [0.29, 0.717) is 32.0 Å². The lowest BCUT2D eigenvalue weighted by atomic mass is 9.98. The van der Waals surface area contributed by atoms with Crippen molar-refractivity contribution in [1.29, 1.82) is 0 Å². The molecule has 27 heavy (non-hydrogen) atoms. The van der Waals surface area contributed by atoms with Crippen molar-refractivity contribution in [2.45, 2.75) is 37.6 Å². The number of benzene rings is 1. The van der Waals surface area contributed by atoms with Gasteiger partial charge in [0.15, 0.2) is 0 Å². The van der Waals surface area contributed by atoms with Crippen LogP contribution in [0.4, 0.5) is 5.69 Å². The smallest absolute Gasteiger partial charge is 0.243 e. The number of nitrogens with zero attached hydrogens (tertiary/aromatic N) is 2. The molecule has 3 rings (SSSR count). The first kappa shape index (κ1) is 20.3. The third-order valence-electron chi connectivity index (χ3n) is 5.48. The number of nitrogens with one attached hydrogen (secondary N) is 1. The molecule has 0 bridgehead atoms. The Balaban J connectivity index is 1.60. The van der Waals surface area contributed by atoms with Gasteiger partial charge in [-0.3, -0.25) is 9.69 Å². The molecule has 1 atom stereocenters. The Morgan fingerprint density at radius 2 is 1.70 bits per heavy atom. The van der Waals surface area contributed by atoms with E-state index in [9.17, 15) is 13.2 Å². The molecular weight excluding hydrogens is 366 g/mol. The predicted molar refractivity (Wildman–Crippen MR) is 104 cm³/mol. The fraction of sp³-hybridized carbons (Fsp3) is 0.632. The Morgan fingerprint density at radius 3 is 2.30 bits per heavy atom. The summed E-state index contributed by atoms with van der Waals surface area (Å²) in [4.78, 5) is 15.0. The van der Waals surface area contributed by atoms with Crippen LogP contribution in [0.5, 0.6) is 0 Å². The summed E-state index contributed by atoms with van der Waals surface area (Å²) in [6.07, 6.45) is 2.23. The van der Waals surface area contributed by atoms with Gasteiger partial charge in [0.1, 0.15) is 0 Å². The number of amides is 1. The van der Waals surface area contributed by atoms with Gasteiger partial charge in [0.2, 0.25) is 15.9 Å². The lowest BCUT2D eigenvalue weighted by Crippen LogP contribution is -2.45. The van der Waals surface area contributed by atoms with Gasteiger partial charge in [-0.05, 0) is 63.0 Å². The molecule has 150 valence electrons. The van der Waals surface area contributed by atoms with E-state index in [1.807, 2.05) is 6.92 Å². The fourth-order valence-electron chi connectivity index (χ4n) is 3.47. The summed E-state index contributed by atoms with van der Waals surface area (Å²) < 4.78 is 31.9. The second-order valence-corrected chi connectivity index (χ2v) is 9.36. The molecule has 2 aliphatic rings. The summed E-state index contributed by atoms with van der Waals surface area (Å²) in [7, 11) is -3.51. The van der Waals surface area contributed by atoms with E-state index in [2.05, 4.69) is 17.1 Å². The predicted octanol–water partition coefficient (Wildman–Crippen LogP) is 1.77. The molecule has 8 heteroatoms. The van der Waals surface area contributed by atoms with Crippen LogP contribution >= 0.6 is 0 Å². The molecule has 7 nitrogen and oxygen atoms in total. The summed E-state index contributed by atoms with van der Waals surface area (Å²) >= 11 is 0. The Labute approximate surface area is 161 Å². The van der Waals surface area contributed by atoms with Crippen molar-refractivity contribution in [2.24, 2.45) is 5.92 Å². The average molecular weight is 396 g/mol. The third-order valence-corrected chi connectivity index (χ3v) is 7.39. The molecule has 2 aliphatic heterocycles. The van der Waals surface area contributed by atoms with Gasteiger partial charge in [0, 0.05) is 18.8 Å². The molecule has 2 saturated heterocycles. The number of carbonyl (C=O) groups is 1. The Bertz CT molecular complexity index is 737. The van der Waals surface area contributed by atoms with Crippen molar-refractivity contribution < 1.29 is 17.9 Å². The number of morpholine rings is 1. The van der Waals surface area contributed by atoms with Crippen LogP contribution in [0, 0.1) is 5.92 Å². The van der Waals surface area contributed by atoms with Crippen LogP contribution in [-0.4, -0.2) is 69.0 Å². The first-order valence-corrected chi connectivity index (χ1v) is 11.0. The van der Waals surface area contributed by atoms with Crippen LogP contribution in [0.25, 0.3) is 0 Å². The molecule has 0 unspecified atom stereocenters. The number of piperidine rings is 1. The van der Waals surface area contributed by atoms with Gasteiger partial charge >= 0.3 is 0 Å². The number of hydrogen-bond acceptors (Lipinski definition) is 5. The van der Waals surface area contributed by atoms with E-state index in [1.165, 1.54) is 4.31 Å². The molecule has 0 radical (unpaired) electrons. The number of anilines is 1. The van der Waals surface area contributed by atoms with Crippen molar-refractivity contribution in [3.63, 3.8) is 0 Å². The third kappa shape index (κ3) is 4.87. The quantitative estimate of drug-likeness (QED) is 0.822. The first-order chi connectivity index (χ1) is 12.9. The van der Waals surface area contributed by atoms with Crippen LogP contribution in [0.3, 0.4) is 0 Å². The summed E-state index contributed by atoms with van der Waals surface area (Å²) in [5, 5.41) is 2.90. The second-order valence-electron chi connectivity index (χ2n) is 7.42. The minimum Gasteiger partial charge on any atom is -0.379 e. The van der Waals surface area contributed by atoms with E-state index in [0.717, 1.165) is 31.8 Å². The molecule has 0 aromatic heterocycles. The molecule has 2 fully saturated rings. The van der Waals surface area contributed by atoms with Crippen LogP contribution < -0.4 is 5.32 Å². The van der Waals surface area contributed by atoms with Crippen molar-refractivity contribution >= 4 is 21.6 Å². The van der Waals surface area contributed by atoms with Crippen molar-refractivity contribution in [2.75, 3.05) is 44.7 Å².